The van der Waals surface area contributed by atoms with Gasteiger partial charge in [-0.2, -0.15) is 0 Å². The number of hydrogen-bond donors (Lipinski definition) is 2. The summed E-state index contributed by atoms with van der Waals surface area (Å²) in [7, 11) is 0. The van der Waals surface area contributed by atoms with E-state index in [1.807, 2.05) is 0 Å². The van der Waals surface area contributed by atoms with Crippen LogP contribution in [0, 0.1) is 0 Å². The monoisotopic (exact) mass is 1310 g/mol. The highest BCUT2D eigenvalue weighted by molar-refractivity contribution is 6.00. The zero-order valence-corrected chi connectivity index (χ0v) is 63.1. The van der Waals surface area contributed by atoms with Gasteiger partial charge in [0, 0.05) is 44.3 Å². The average molecular weight is 1310 g/mol. The minimum atomic E-state index is -0.119. The summed E-state index contributed by atoms with van der Waals surface area (Å²) < 4.78 is 0. The first kappa shape index (κ1) is 70.3. The van der Waals surface area contributed by atoms with Gasteiger partial charge in [0.1, 0.15) is 0 Å². The molecule has 512 valence electrons. The van der Waals surface area contributed by atoms with Crippen molar-refractivity contribution in [3.63, 3.8) is 0 Å². The molecule has 8 heterocycles. The molecule has 0 spiro atoms. The van der Waals surface area contributed by atoms with Crippen LogP contribution in [0.4, 0.5) is 0 Å². The first-order chi connectivity index (χ1) is 46.8. The van der Waals surface area contributed by atoms with E-state index in [1.165, 1.54) is 78.3 Å². The smallest absolute Gasteiger partial charge is 0.0893 e. The van der Waals surface area contributed by atoms with Crippen LogP contribution in [0.25, 0.3) is 114 Å². The van der Waals surface area contributed by atoms with Crippen LogP contribution >= 0.6 is 0 Å². The van der Waals surface area contributed by atoms with Crippen LogP contribution in [0.3, 0.4) is 0 Å². The molecule has 3 aliphatic rings. The number of fused-ring (bicyclic) bond motifs is 8. The number of aromatic nitrogens is 6. The maximum absolute atomic E-state index is 5.88. The lowest BCUT2D eigenvalue weighted by molar-refractivity contribution is 0.247. The van der Waals surface area contributed by atoms with E-state index in [1.54, 1.807) is 0 Å². The van der Waals surface area contributed by atoms with Gasteiger partial charge < -0.3 is 9.97 Å². The Balaban J connectivity index is 1.06. The van der Waals surface area contributed by atoms with Gasteiger partial charge in [0.25, 0.3) is 0 Å². The predicted octanol–water partition coefficient (Wildman–Crippen LogP) is 25.2. The number of nitrogens with one attached hydrogen (secondary N) is 2. The SMILES string of the molecule is CCCCCCCCN1CCCC1c1cccc(-c2cccc(/C=C/c3ccc(-c4c5nc(c(-c6cc(C(C)(C)C)cc(C(C)(C)C)c6)c6ccc([nH]6)c(-c6cc(C(C)(C)C)cc(C(C)(C)C)c6)c6nc(c(-c7cc(C(C)(C)C)cc(C(C)(C)C)c7)c7ccc4[nH]7)C=C6)C=C5)cc3)n2)n1. The van der Waals surface area contributed by atoms with Gasteiger partial charge >= 0.3 is 0 Å². The van der Waals surface area contributed by atoms with Crippen LogP contribution in [0.15, 0.2) is 140 Å². The summed E-state index contributed by atoms with van der Waals surface area (Å²) in [5.41, 5.74) is 28.0. The number of rotatable bonds is 15. The summed E-state index contributed by atoms with van der Waals surface area (Å²) in [6, 6.07) is 52.8. The van der Waals surface area contributed by atoms with E-state index in [4.69, 9.17) is 19.9 Å². The Morgan fingerprint density at radius 1 is 0.384 bits per heavy atom. The third kappa shape index (κ3) is 15.8. The van der Waals surface area contributed by atoms with E-state index < -0.39 is 0 Å². The Morgan fingerprint density at radius 3 is 1.16 bits per heavy atom. The topological polar surface area (TPSA) is 86.4 Å². The molecule has 1 unspecified atom stereocenters. The van der Waals surface area contributed by atoms with Crippen molar-refractivity contribution in [2.75, 3.05) is 13.1 Å². The molecule has 12 rings (SSSR count). The second-order valence-corrected chi connectivity index (χ2v) is 34.7. The van der Waals surface area contributed by atoms with E-state index in [0.29, 0.717) is 6.04 Å². The molecule has 99 heavy (non-hydrogen) atoms. The summed E-state index contributed by atoms with van der Waals surface area (Å²) in [6.45, 7) is 46.4. The molecule has 9 aromatic rings. The van der Waals surface area contributed by atoms with Crippen molar-refractivity contribution < 1.29 is 0 Å². The molecule has 0 amide bonds. The largest absolute Gasteiger partial charge is 0.354 e. The lowest BCUT2D eigenvalue weighted by Gasteiger charge is -2.26. The Labute approximate surface area is 593 Å². The predicted molar refractivity (Wildman–Crippen MR) is 426 cm³/mol. The van der Waals surface area contributed by atoms with Gasteiger partial charge in [-0.3, -0.25) is 4.90 Å². The molecule has 5 aromatic heterocycles. The number of aromatic amines is 2. The fourth-order valence-corrected chi connectivity index (χ4v) is 14.3. The third-order valence-corrected chi connectivity index (χ3v) is 20.6. The van der Waals surface area contributed by atoms with Crippen LogP contribution in [0.2, 0.25) is 0 Å². The van der Waals surface area contributed by atoms with Crippen LogP contribution in [-0.2, 0) is 32.5 Å². The Morgan fingerprint density at radius 2 is 0.758 bits per heavy atom. The van der Waals surface area contributed by atoms with Crippen LogP contribution < -0.4 is 0 Å². The highest BCUT2D eigenvalue weighted by atomic mass is 15.2. The Bertz CT molecular complexity index is 4570. The number of nitrogens with zero attached hydrogens (tertiary/aromatic N) is 5. The second kappa shape index (κ2) is 27.5. The van der Waals surface area contributed by atoms with Gasteiger partial charge in [-0.1, -0.05) is 261 Å². The van der Waals surface area contributed by atoms with E-state index in [-0.39, 0.29) is 32.5 Å². The average Bonchev–Trinajstić information content (AvgIpc) is 1.65. The van der Waals surface area contributed by atoms with Crippen LogP contribution in [0.1, 0.15) is 262 Å². The molecular weight excluding hydrogens is 1200 g/mol. The fourth-order valence-electron chi connectivity index (χ4n) is 14.3. The minimum absolute atomic E-state index is 0.114. The van der Waals surface area contributed by atoms with Crippen molar-refractivity contribution in [3.05, 3.63) is 213 Å². The standard InChI is InChI=1S/C92H109N7/c1-20-21-22-23-24-25-48-99-49-28-33-82(99)73-32-27-31-72(94-73)71-30-26-29-70(93-71)39-36-59-34-37-60(38-35-59)83-74-40-42-76(95-74)84(61-50-64(87(2,3)4)56-65(51-61)88(5,6)7)78-44-46-80(97-78)86(63-54-68(91(14,15)16)58-69(55-63)92(17,18)19)81-47-45-79(98-81)85(77-43-41-75(83)96-77)62-52-66(89(8,9)10)57-67(53-62)90(11,12)13/h26-27,29-32,34-47,50-58,82,95,98H,20-25,28,33,48-49H2,1-19H3/b39-36+,83-74?,83-75?,84-76?,84-78?,85-77?,85-79?,86-80?,86-81?. The van der Waals surface area contributed by atoms with Crippen molar-refractivity contribution in [2.45, 2.75) is 221 Å². The van der Waals surface area contributed by atoms with E-state index >= 15 is 0 Å². The van der Waals surface area contributed by atoms with Gasteiger partial charge in [0.05, 0.1) is 51.6 Å². The first-order valence-electron chi connectivity index (χ1n) is 36.9. The molecular formula is C92H109N7. The summed E-state index contributed by atoms with van der Waals surface area (Å²) in [4.78, 5) is 33.1. The van der Waals surface area contributed by atoms with Crippen LogP contribution in [-0.4, -0.2) is 47.9 Å². The molecule has 7 heteroatoms. The Hall–Kier alpha value is -8.52. The van der Waals surface area contributed by atoms with E-state index in [0.717, 1.165) is 137 Å². The quantitative estimate of drug-likeness (QED) is 0.0999. The molecule has 0 aliphatic carbocycles. The molecule has 1 saturated heterocycles. The van der Waals surface area contributed by atoms with Gasteiger partial charge in [0.2, 0.25) is 0 Å². The molecule has 7 nitrogen and oxygen atoms in total. The molecule has 8 bridgehead atoms. The zero-order chi connectivity index (χ0) is 70.6. The minimum Gasteiger partial charge on any atom is -0.354 e. The van der Waals surface area contributed by atoms with Crippen molar-refractivity contribution >= 4 is 58.5 Å². The van der Waals surface area contributed by atoms with E-state index in [9.17, 15) is 0 Å². The Kier molecular flexibility index (Phi) is 19.6. The highest BCUT2D eigenvalue weighted by Crippen LogP contribution is 2.45. The number of benzene rings is 4. The van der Waals surface area contributed by atoms with Crippen LogP contribution in [0.5, 0.6) is 0 Å². The molecule has 1 atom stereocenters. The summed E-state index contributed by atoms with van der Waals surface area (Å²) >= 11 is 0. The lowest BCUT2D eigenvalue weighted by atomic mass is 9.78. The fraction of sp³-hybridized carbons (Fsp3) is 0.391. The molecule has 0 radical (unpaired) electrons. The molecule has 4 aromatic carbocycles. The number of H-pyrrole nitrogens is 2. The zero-order valence-electron chi connectivity index (χ0n) is 63.1. The van der Waals surface area contributed by atoms with Gasteiger partial charge in [-0.05, 0) is 205 Å². The highest BCUT2D eigenvalue weighted by Gasteiger charge is 2.30. The number of hydrogen-bond acceptors (Lipinski definition) is 5. The van der Waals surface area contributed by atoms with Gasteiger partial charge in [-0.25, -0.2) is 19.9 Å². The number of likely N-dealkylation sites (tertiary alicyclic amines) is 1. The van der Waals surface area contributed by atoms with Crippen molar-refractivity contribution in [1.82, 2.24) is 34.8 Å². The number of pyridine rings is 2. The summed E-state index contributed by atoms with van der Waals surface area (Å²) in [5.74, 6) is 0. The molecule has 1 fully saturated rings. The molecule has 3 aliphatic heterocycles. The second-order valence-electron chi connectivity index (χ2n) is 34.7. The van der Waals surface area contributed by atoms with Gasteiger partial charge in [0.15, 0.2) is 0 Å². The summed E-state index contributed by atoms with van der Waals surface area (Å²) in [5, 5.41) is 0. The lowest BCUT2D eigenvalue weighted by Crippen LogP contribution is -2.25. The van der Waals surface area contributed by atoms with Gasteiger partial charge in [-0.15, -0.1) is 0 Å². The van der Waals surface area contributed by atoms with Crippen molar-refractivity contribution in [1.29, 1.82) is 0 Å². The number of unbranched alkanes of at least 4 members (excludes halogenated alkanes) is 5. The maximum Gasteiger partial charge on any atom is 0.0893 e. The molecule has 0 saturated carbocycles. The molecule has 2 N–H and O–H groups in total. The van der Waals surface area contributed by atoms with Crippen molar-refractivity contribution in [3.8, 4) is 55.9 Å². The maximum atomic E-state index is 5.88. The first-order valence-corrected chi connectivity index (χ1v) is 36.9. The normalized spacial score (nSPS) is 14.9. The third-order valence-electron chi connectivity index (χ3n) is 20.6. The van der Waals surface area contributed by atoms with E-state index in [2.05, 4.69) is 322 Å². The summed E-state index contributed by atoms with van der Waals surface area (Å²) in [6.07, 6.45) is 23.5. The van der Waals surface area contributed by atoms with Crippen molar-refractivity contribution in [2.24, 2.45) is 0 Å².